The molecule has 78 valence electrons. The fourth-order valence-corrected chi connectivity index (χ4v) is 1.42. The maximum atomic E-state index is 9.33. The van der Waals surface area contributed by atoms with Gasteiger partial charge in [-0.15, -0.1) is 0 Å². The highest BCUT2D eigenvalue weighted by Crippen LogP contribution is 2.23. The lowest BCUT2D eigenvalue weighted by Gasteiger charge is -2.26. The van der Waals surface area contributed by atoms with E-state index < -0.39 is 5.41 Å². The molecule has 0 saturated carbocycles. The van der Waals surface area contributed by atoms with Crippen molar-refractivity contribution in [2.24, 2.45) is 5.90 Å². The zero-order valence-electron chi connectivity index (χ0n) is 8.66. The Morgan fingerprint density at radius 2 is 2.21 bits per heavy atom. The Bertz CT molecular complexity index is 301. The van der Waals surface area contributed by atoms with Crippen LogP contribution in [0, 0.1) is 6.92 Å². The number of benzene rings is 1. The summed E-state index contributed by atoms with van der Waals surface area (Å²) in [6.45, 7) is 4.28. The van der Waals surface area contributed by atoms with Crippen LogP contribution in [0.25, 0.3) is 0 Å². The fraction of sp³-hybridized carbons (Fsp3) is 0.455. The van der Waals surface area contributed by atoms with E-state index in [-0.39, 0.29) is 6.61 Å². The number of rotatable bonds is 4. The largest absolute Gasteiger partial charge is 0.395 e. The molecule has 0 radical (unpaired) electrons. The lowest BCUT2D eigenvalue weighted by atomic mass is 9.83. The summed E-state index contributed by atoms with van der Waals surface area (Å²) in [5, 5.41) is 9.33. The van der Waals surface area contributed by atoms with E-state index in [0.29, 0.717) is 6.61 Å². The molecule has 0 aliphatic rings. The van der Waals surface area contributed by atoms with Crippen LogP contribution in [-0.4, -0.2) is 18.3 Å². The quantitative estimate of drug-likeness (QED) is 0.708. The molecule has 3 heteroatoms. The van der Waals surface area contributed by atoms with Gasteiger partial charge < -0.3 is 9.94 Å². The molecule has 0 aromatic heterocycles. The van der Waals surface area contributed by atoms with Crippen molar-refractivity contribution in [1.29, 1.82) is 0 Å². The minimum atomic E-state index is -0.416. The van der Waals surface area contributed by atoms with E-state index in [9.17, 15) is 5.11 Å². The molecule has 0 fully saturated rings. The van der Waals surface area contributed by atoms with Crippen LogP contribution in [0.1, 0.15) is 18.1 Å². The Morgan fingerprint density at radius 1 is 1.50 bits per heavy atom. The number of hydrogen-bond donors (Lipinski definition) is 2. The molecule has 1 aromatic carbocycles. The summed E-state index contributed by atoms with van der Waals surface area (Å²) < 4.78 is 0. The smallest absolute Gasteiger partial charge is 0.0795 e. The first-order valence-corrected chi connectivity index (χ1v) is 4.62. The molecule has 14 heavy (non-hydrogen) atoms. The molecular weight excluding hydrogens is 178 g/mol. The second-order valence-electron chi connectivity index (χ2n) is 3.90. The third-order valence-electron chi connectivity index (χ3n) is 2.47. The Labute approximate surface area is 84.5 Å². The Balaban J connectivity index is 2.99. The maximum Gasteiger partial charge on any atom is 0.0795 e. The molecule has 0 spiro atoms. The van der Waals surface area contributed by atoms with Gasteiger partial charge in [-0.3, -0.25) is 0 Å². The average molecular weight is 195 g/mol. The van der Waals surface area contributed by atoms with Crippen molar-refractivity contribution in [2.75, 3.05) is 13.2 Å². The molecule has 3 nitrogen and oxygen atoms in total. The van der Waals surface area contributed by atoms with Gasteiger partial charge in [0.2, 0.25) is 0 Å². The van der Waals surface area contributed by atoms with Gasteiger partial charge in [-0.25, -0.2) is 5.90 Å². The summed E-state index contributed by atoms with van der Waals surface area (Å²) in [4.78, 5) is 4.63. The minimum absolute atomic E-state index is 0.0215. The molecule has 0 saturated heterocycles. The van der Waals surface area contributed by atoms with E-state index in [1.54, 1.807) is 0 Å². The second-order valence-corrected chi connectivity index (χ2v) is 3.90. The summed E-state index contributed by atoms with van der Waals surface area (Å²) in [5.41, 5.74) is 1.80. The summed E-state index contributed by atoms with van der Waals surface area (Å²) >= 11 is 0. The SMILES string of the molecule is Cc1cccc(C(C)(CO)CON)c1. The van der Waals surface area contributed by atoms with Crippen molar-refractivity contribution in [2.45, 2.75) is 19.3 Å². The molecule has 1 atom stereocenters. The van der Waals surface area contributed by atoms with Crippen LogP contribution in [0.5, 0.6) is 0 Å². The van der Waals surface area contributed by atoms with Crippen LogP contribution in [0.2, 0.25) is 0 Å². The van der Waals surface area contributed by atoms with Crippen LogP contribution in [0.15, 0.2) is 24.3 Å². The lowest BCUT2D eigenvalue weighted by Crippen LogP contribution is -2.33. The summed E-state index contributed by atoms with van der Waals surface area (Å²) in [5.74, 6) is 5.05. The Hall–Kier alpha value is -0.900. The van der Waals surface area contributed by atoms with Gasteiger partial charge in [0.1, 0.15) is 0 Å². The van der Waals surface area contributed by atoms with Crippen LogP contribution in [-0.2, 0) is 10.3 Å². The molecule has 0 aliphatic heterocycles. The lowest BCUT2D eigenvalue weighted by molar-refractivity contribution is 0.0594. The highest BCUT2D eigenvalue weighted by molar-refractivity contribution is 5.29. The van der Waals surface area contributed by atoms with Gasteiger partial charge in [-0.2, -0.15) is 0 Å². The van der Waals surface area contributed by atoms with E-state index in [4.69, 9.17) is 5.90 Å². The summed E-state index contributed by atoms with van der Waals surface area (Å²) in [6.07, 6.45) is 0. The predicted molar refractivity (Wildman–Crippen MR) is 55.8 cm³/mol. The van der Waals surface area contributed by atoms with Gasteiger partial charge in [0, 0.05) is 5.41 Å². The second kappa shape index (κ2) is 4.55. The molecule has 0 amide bonds. The molecule has 1 rings (SSSR count). The maximum absolute atomic E-state index is 9.33. The van der Waals surface area contributed by atoms with Crippen molar-refractivity contribution in [3.8, 4) is 0 Å². The highest BCUT2D eigenvalue weighted by atomic mass is 16.6. The molecule has 3 N–H and O–H groups in total. The Morgan fingerprint density at radius 3 is 2.71 bits per heavy atom. The average Bonchev–Trinajstić information content (AvgIpc) is 2.18. The minimum Gasteiger partial charge on any atom is -0.395 e. The molecule has 1 aromatic rings. The van der Waals surface area contributed by atoms with E-state index in [2.05, 4.69) is 4.84 Å². The first-order valence-electron chi connectivity index (χ1n) is 4.62. The predicted octanol–water partition coefficient (Wildman–Crippen LogP) is 1.14. The van der Waals surface area contributed by atoms with Crippen molar-refractivity contribution in [3.63, 3.8) is 0 Å². The van der Waals surface area contributed by atoms with Gasteiger partial charge in [0.25, 0.3) is 0 Å². The zero-order valence-corrected chi connectivity index (χ0v) is 8.66. The third-order valence-corrected chi connectivity index (χ3v) is 2.47. The van der Waals surface area contributed by atoms with Gasteiger partial charge in [-0.05, 0) is 12.5 Å². The van der Waals surface area contributed by atoms with Crippen LogP contribution in [0.3, 0.4) is 0 Å². The van der Waals surface area contributed by atoms with Crippen molar-refractivity contribution >= 4 is 0 Å². The zero-order chi connectivity index (χ0) is 10.6. The van der Waals surface area contributed by atoms with E-state index >= 15 is 0 Å². The monoisotopic (exact) mass is 195 g/mol. The number of hydrogen-bond acceptors (Lipinski definition) is 3. The summed E-state index contributed by atoms with van der Waals surface area (Å²) in [7, 11) is 0. The van der Waals surface area contributed by atoms with Crippen LogP contribution >= 0.6 is 0 Å². The molecule has 1 unspecified atom stereocenters. The summed E-state index contributed by atoms with van der Waals surface area (Å²) in [6, 6.07) is 8.00. The highest BCUT2D eigenvalue weighted by Gasteiger charge is 2.26. The van der Waals surface area contributed by atoms with Gasteiger partial charge >= 0.3 is 0 Å². The Kier molecular flexibility index (Phi) is 3.63. The van der Waals surface area contributed by atoms with Crippen molar-refractivity contribution in [1.82, 2.24) is 0 Å². The third kappa shape index (κ3) is 2.32. The first-order chi connectivity index (χ1) is 6.62. The first kappa shape index (κ1) is 11.2. The van der Waals surface area contributed by atoms with Gasteiger partial charge in [0.15, 0.2) is 0 Å². The van der Waals surface area contributed by atoms with Crippen LogP contribution in [0.4, 0.5) is 0 Å². The molecule has 0 bridgehead atoms. The molecule has 0 heterocycles. The number of aryl methyl sites for hydroxylation is 1. The van der Waals surface area contributed by atoms with Crippen LogP contribution < -0.4 is 5.90 Å². The van der Waals surface area contributed by atoms with E-state index in [1.807, 2.05) is 38.1 Å². The van der Waals surface area contributed by atoms with Crippen molar-refractivity contribution < 1.29 is 9.94 Å². The topological polar surface area (TPSA) is 55.5 Å². The number of aliphatic hydroxyl groups excluding tert-OH is 1. The normalized spacial score (nSPS) is 15.1. The van der Waals surface area contributed by atoms with E-state index in [1.165, 1.54) is 5.56 Å². The molecule has 0 aliphatic carbocycles. The molecular formula is C11H17NO2. The number of aliphatic hydroxyl groups is 1. The van der Waals surface area contributed by atoms with Crippen molar-refractivity contribution in [3.05, 3.63) is 35.4 Å². The standard InChI is InChI=1S/C11H17NO2/c1-9-4-3-5-10(6-9)11(2,7-13)8-14-12/h3-6,13H,7-8,12H2,1-2H3. The fourth-order valence-electron chi connectivity index (χ4n) is 1.42. The number of nitrogens with two attached hydrogens (primary N) is 1. The van der Waals surface area contributed by atoms with Gasteiger partial charge in [-0.1, -0.05) is 36.8 Å². The van der Waals surface area contributed by atoms with E-state index in [0.717, 1.165) is 5.56 Å². The van der Waals surface area contributed by atoms with Gasteiger partial charge in [0.05, 0.1) is 13.2 Å².